The van der Waals surface area contributed by atoms with Crippen LogP contribution in [0.1, 0.15) is 15.9 Å². The highest BCUT2D eigenvalue weighted by atomic mass is 16.6. The highest BCUT2D eigenvalue weighted by Gasteiger charge is 2.13. The van der Waals surface area contributed by atoms with E-state index < -0.39 is 27.8 Å². The number of carbonyl (C=O) groups is 1. The lowest BCUT2D eigenvalue weighted by atomic mass is 10.2. The lowest BCUT2D eigenvalue weighted by Gasteiger charge is -2.01. The van der Waals surface area contributed by atoms with Gasteiger partial charge in [0.05, 0.1) is 11.1 Å². The molecule has 0 bridgehead atoms. The largest absolute Gasteiger partial charge is 0.502 e. The van der Waals surface area contributed by atoms with Gasteiger partial charge in [0.1, 0.15) is 5.56 Å². The second-order valence-electron chi connectivity index (χ2n) is 4.54. The number of phenolic OH excluding ortho intramolecular Hbond substituents is 1. The van der Waals surface area contributed by atoms with Gasteiger partial charge in [-0.1, -0.05) is 0 Å². The van der Waals surface area contributed by atoms with E-state index in [1.54, 1.807) is 6.07 Å². The van der Waals surface area contributed by atoms with Crippen LogP contribution in [-0.4, -0.2) is 26.7 Å². The number of phenols is 1. The molecule has 0 fully saturated rings. The van der Waals surface area contributed by atoms with Crippen molar-refractivity contribution in [2.75, 3.05) is 0 Å². The number of aromatic nitrogens is 1. The summed E-state index contributed by atoms with van der Waals surface area (Å²) in [5.41, 5.74) is 1.44. The maximum Gasteiger partial charge on any atom is 0.311 e. The van der Waals surface area contributed by atoms with Gasteiger partial charge in [0.2, 0.25) is 0 Å². The van der Waals surface area contributed by atoms with Crippen LogP contribution in [0.2, 0.25) is 0 Å². The first-order valence-electron chi connectivity index (χ1n) is 6.36. The molecule has 0 saturated heterocycles. The van der Waals surface area contributed by atoms with Crippen LogP contribution in [0.15, 0.2) is 46.4 Å². The van der Waals surface area contributed by atoms with Gasteiger partial charge in [0.25, 0.3) is 11.5 Å². The first-order valence-corrected chi connectivity index (χ1v) is 6.36. The van der Waals surface area contributed by atoms with E-state index in [1.165, 1.54) is 29.9 Å². The Morgan fingerprint density at radius 1 is 1.43 bits per heavy atom. The number of aryl methyl sites for hydroxylation is 1. The van der Waals surface area contributed by atoms with Crippen molar-refractivity contribution in [2.24, 2.45) is 12.1 Å². The Labute approximate surface area is 129 Å². The average Bonchev–Trinajstić information content (AvgIpc) is 2.51. The Kier molecular flexibility index (Phi) is 4.50. The molecular weight excluding hydrogens is 304 g/mol. The molecule has 118 valence electrons. The lowest BCUT2D eigenvalue weighted by Crippen LogP contribution is -2.29. The molecule has 2 rings (SSSR count). The van der Waals surface area contributed by atoms with E-state index in [0.29, 0.717) is 5.56 Å². The molecule has 23 heavy (non-hydrogen) atoms. The van der Waals surface area contributed by atoms with Gasteiger partial charge in [-0.25, -0.2) is 5.43 Å². The van der Waals surface area contributed by atoms with E-state index >= 15 is 0 Å². The topological polar surface area (TPSA) is 127 Å². The van der Waals surface area contributed by atoms with Gasteiger partial charge in [0.15, 0.2) is 5.75 Å². The number of nitro groups is 1. The highest BCUT2D eigenvalue weighted by molar-refractivity contribution is 5.94. The van der Waals surface area contributed by atoms with Gasteiger partial charge >= 0.3 is 5.69 Å². The number of hydrogen-bond acceptors (Lipinski definition) is 6. The third-order valence-corrected chi connectivity index (χ3v) is 2.94. The van der Waals surface area contributed by atoms with E-state index in [-0.39, 0.29) is 5.56 Å². The van der Waals surface area contributed by atoms with Crippen LogP contribution in [0.25, 0.3) is 0 Å². The van der Waals surface area contributed by atoms with Crippen LogP contribution in [-0.2, 0) is 7.05 Å². The molecule has 2 aromatic rings. The van der Waals surface area contributed by atoms with Crippen LogP contribution in [0.3, 0.4) is 0 Å². The molecule has 0 spiro atoms. The summed E-state index contributed by atoms with van der Waals surface area (Å²) in [4.78, 5) is 33.6. The number of aromatic hydroxyl groups is 1. The quantitative estimate of drug-likeness (QED) is 0.489. The molecule has 9 nitrogen and oxygen atoms in total. The number of pyridine rings is 1. The molecule has 0 aliphatic carbocycles. The minimum Gasteiger partial charge on any atom is -0.502 e. The summed E-state index contributed by atoms with van der Waals surface area (Å²) in [5, 5.41) is 23.7. The van der Waals surface area contributed by atoms with Crippen molar-refractivity contribution in [3.8, 4) is 5.75 Å². The number of nitrogens with one attached hydrogen (secondary N) is 1. The van der Waals surface area contributed by atoms with Crippen molar-refractivity contribution in [3.05, 3.63) is 68.1 Å². The van der Waals surface area contributed by atoms with Crippen molar-refractivity contribution in [1.82, 2.24) is 9.99 Å². The highest BCUT2D eigenvalue weighted by Crippen LogP contribution is 2.25. The Morgan fingerprint density at radius 3 is 2.87 bits per heavy atom. The second kappa shape index (κ2) is 6.52. The number of carbonyl (C=O) groups excluding carboxylic acids is 1. The number of benzene rings is 1. The number of nitro benzene ring substituents is 1. The predicted octanol–water partition coefficient (Wildman–Crippen LogP) is 0.763. The number of amides is 1. The van der Waals surface area contributed by atoms with E-state index in [1.807, 2.05) is 0 Å². The van der Waals surface area contributed by atoms with Gasteiger partial charge < -0.3 is 9.67 Å². The van der Waals surface area contributed by atoms with Crippen molar-refractivity contribution in [2.45, 2.75) is 0 Å². The zero-order valence-corrected chi connectivity index (χ0v) is 12.0. The molecule has 0 unspecified atom stereocenters. The molecule has 1 amide bonds. The summed E-state index contributed by atoms with van der Waals surface area (Å²) in [6, 6.07) is 6.54. The average molecular weight is 316 g/mol. The van der Waals surface area contributed by atoms with Crippen molar-refractivity contribution < 1.29 is 14.8 Å². The van der Waals surface area contributed by atoms with Crippen LogP contribution < -0.4 is 11.0 Å². The zero-order valence-electron chi connectivity index (χ0n) is 12.0. The Morgan fingerprint density at radius 2 is 2.17 bits per heavy atom. The molecule has 9 heteroatoms. The molecule has 1 heterocycles. The Balaban J connectivity index is 2.14. The summed E-state index contributed by atoms with van der Waals surface area (Å²) in [7, 11) is 1.51. The smallest absolute Gasteiger partial charge is 0.311 e. The summed E-state index contributed by atoms with van der Waals surface area (Å²) >= 11 is 0. The van der Waals surface area contributed by atoms with Crippen LogP contribution in [0.4, 0.5) is 5.69 Å². The van der Waals surface area contributed by atoms with Gasteiger partial charge in [-0.15, -0.1) is 0 Å². The molecule has 0 radical (unpaired) electrons. The number of nitrogens with zero attached hydrogens (tertiary/aromatic N) is 3. The van der Waals surface area contributed by atoms with Crippen molar-refractivity contribution in [1.29, 1.82) is 0 Å². The van der Waals surface area contributed by atoms with Crippen LogP contribution in [0, 0.1) is 10.1 Å². The van der Waals surface area contributed by atoms with E-state index in [0.717, 1.165) is 18.3 Å². The Bertz CT molecular complexity index is 856. The molecule has 0 aliphatic rings. The summed E-state index contributed by atoms with van der Waals surface area (Å²) in [6.45, 7) is 0. The number of rotatable bonds is 4. The molecule has 0 aliphatic heterocycles. The van der Waals surface area contributed by atoms with Gasteiger partial charge in [0, 0.05) is 24.9 Å². The fourth-order valence-electron chi connectivity index (χ4n) is 1.76. The monoisotopic (exact) mass is 316 g/mol. The van der Waals surface area contributed by atoms with Crippen molar-refractivity contribution >= 4 is 17.8 Å². The summed E-state index contributed by atoms with van der Waals surface area (Å²) < 4.78 is 1.25. The Hall–Kier alpha value is -3.49. The van der Waals surface area contributed by atoms with Gasteiger partial charge in [-0.2, -0.15) is 5.10 Å². The zero-order chi connectivity index (χ0) is 17.0. The number of hydrogen-bond donors (Lipinski definition) is 2. The van der Waals surface area contributed by atoms with Crippen LogP contribution in [0.5, 0.6) is 5.75 Å². The first-order chi connectivity index (χ1) is 10.9. The molecule has 0 atom stereocenters. The fraction of sp³-hybridized carbons (Fsp3) is 0.0714. The molecule has 1 aromatic heterocycles. The SMILES string of the molecule is Cn1cccc(C(=O)N/N=C\c2ccc(O)c([N+](=O)[O-])c2)c1=O. The van der Waals surface area contributed by atoms with E-state index in [2.05, 4.69) is 10.5 Å². The third kappa shape index (κ3) is 3.59. The van der Waals surface area contributed by atoms with Gasteiger partial charge in [-0.3, -0.25) is 19.7 Å². The standard InChI is InChI=1S/C14H12N4O5/c1-17-6-2-3-10(14(17)21)13(20)16-15-8-9-4-5-12(19)11(7-9)18(22)23/h2-8,19H,1H3,(H,16,20)/b15-8-. The predicted molar refractivity (Wildman–Crippen MR) is 81.5 cm³/mol. The van der Waals surface area contributed by atoms with Crippen molar-refractivity contribution in [3.63, 3.8) is 0 Å². The van der Waals surface area contributed by atoms with E-state index in [4.69, 9.17) is 0 Å². The third-order valence-electron chi connectivity index (χ3n) is 2.94. The second-order valence-corrected chi connectivity index (χ2v) is 4.54. The summed E-state index contributed by atoms with van der Waals surface area (Å²) in [6.07, 6.45) is 2.68. The maximum absolute atomic E-state index is 11.9. The molecule has 0 saturated carbocycles. The first kappa shape index (κ1) is 15.9. The fourth-order valence-corrected chi connectivity index (χ4v) is 1.76. The van der Waals surface area contributed by atoms with Gasteiger partial charge in [-0.05, 0) is 24.3 Å². The number of hydrazone groups is 1. The van der Waals surface area contributed by atoms with Crippen LogP contribution >= 0.6 is 0 Å². The normalized spacial score (nSPS) is 10.7. The summed E-state index contributed by atoms with van der Waals surface area (Å²) in [5.74, 6) is -1.17. The minimum atomic E-state index is -0.737. The lowest BCUT2D eigenvalue weighted by molar-refractivity contribution is -0.385. The minimum absolute atomic E-state index is 0.0798. The molecule has 2 N–H and O–H groups in total. The van der Waals surface area contributed by atoms with E-state index in [9.17, 15) is 24.8 Å². The molecular formula is C14H12N4O5. The maximum atomic E-state index is 11.9. The molecule has 1 aromatic carbocycles.